The maximum Gasteiger partial charge on any atom is 0.121 e. The van der Waals surface area contributed by atoms with E-state index in [9.17, 15) is 0 Å². The Kier molecular flexibility index (Phi) is 3.72. The number of aryl methyl sites for hydroxylation is 1. The van der Waals surface area contributed by atoms with Gasteiger partial charge < -0.3 is 15.4 Å². The molecule has 0 atom stereocenters. The van der Waals surface area contributed by atoms with Crippen LogP contribution in [0.5, 0.6) is 5.75 Å². The van der Waals surface area contributed by atoms with Crippen molar-refractivity contribution < 1.29 is 4.74 Å². The topological polar surface area (TPSA) is 51.4 Å². The number of hydrogen-bond donors (Lipinski definition) is 1. The highest BCUT2D eigenvalue weighted by Crippen LogP contribution is 2.28. The number of benzene rings is 1. The van der Waals surface area contributed by atoms with E-state index in [1.165, 1.54) is 0 Å². The predicted molar refractivity (Wildman–Crippen MR) is 76.4 cm³/mol. The van der Waals surface area contributed by atoms with Crippen LogP contribution in [-0.2, 0) is 6.54 Å². The van der Waals surface area contributed by atoms with Gasteiger partial charge in [0.05, 0.1) is 35.7 Å². The normalized spacial score (nSPS) is 10.4. The zero-order valence-electron chi connectivity index (χ0n) is 10.8. The summed E-state index contributed by atoms with van der Waals surface area (Å²) in [7, 11) is 3.65. The molecule has 1 aromatic heterocycles. The van der Waals surface area contributed by atoms with Crippen LogP contribution in [0.3, 0.4) is 0 Å². The average molecular weight is 263 g/mol. The van der Waals surface area contributed by atoms with Crippen LogP contribution in [0.25, 0.3) is 0 Å². The minimum Gasteiger partial charge on any atom is -0.497 e. The number of anilines is 2. The highest BCUT2D eigenvalue weighted by atomic mass is 32.1. The van der Waals surface area contributed by atoms with E-state index in [4.69, 9.17) is 10.5 Å². The van der Waals surface area contributed by atoms with Crippen molar-refractivity contribution >= 4 is 22.7 Å². The average Bonchev–Trinajstić information content (AvgIpc) is 2.75. The molecule has 0 unspecified atom stereocenters. The first kappa shape index (κ1) is 12.7. The molecule has 0 aliphatic heterocycles. The highest BCUT2D eigenvalue weighted by Gasteiger charge is 2.09. The molecule has 0 amide bonds. The molecule has 1 heterocycles. The van der Waals surface area contributed by atoms with Gasteiger partial charge in [-0.05, 0) is 19.1 Å². The lowest BCUT2D eigenvalue weighted by molar-refractivity contribution is 0.415. The Morgan fingerprint density at radius 1 is 1.44 bits per heavy atom. The second kappa shape index (κ2) is 5.27. The van der Waals surface area contributed by atoms with E-state index in [1.54, 1.807) is 18.4 Å². The number of aromatic nitrogens is 1. The SMILES string of the molecule is COc1ccc(N)c(N(C)Cc2csc(C)n2)c1. The van der Waals surface area contributed by atoms with E-state index in [-0.39, 0.29) is 0 Å². The summed E-state index contributed by atoms with van der Waals surface area (Å²) in [5, 5.41) is 3.15. The second-order valence-corrected chi connectivity index (χ2v) is 5.20. The largest absolute Gasteiger partial charge is 0.497 e. The van der Waals surface area contributed by atoms with E-state index in [1.807, 2.05) is 32.2 Å². The fraction of sp³-hybridized carbons (Fsp3) is 0.308. The molecule has 2 aromatic rings. The standard InChI is InChI=1S/C13H17N3OS/c1-9-15-10(8-18-9)7-16(2)13-6-11(17-3)4-5-12(13)14/h4-6,8H,7,14H2,1-3H3. The Balaban J connectivity index is 2.20. The summed E-state index contributed by atoms with van der Waals surface area (Å²) in [6.45, 7) is 2.75. The zero-order chi connectivity index (χ0) is 13.1. The molecule has 0 saturated carbocycles. The molecule has 1 aromatic carbocycles. The first-order valence-electron chi connectivity index (χ1n) is 5.66. The maximum atomic E-state index is 5.99. The third kappa shape index (κ3) is 2.73. The number of ether oxygens (including phenoxy) is 1. The summed E-state index contributed by atoms with van der Waals surface area (Å²) in [6, 6.07) is 5.66. The lowest BCUT2D eigenvalue weighted by atomic mass is 10.2. The molecule has 0 spiro atoms. The Morgan fingerprint density at radius 3 is 2.83 bits per heavy atom. The molecule has 0 radical (unpaired) electrons. The van der Waals surface area contributed by atoms with Crippen molar-refractivity contribution in [3.05, 3.63) is 34.3 Å². The molecule has 18 heavy (non-hydrogen) atoms. The van der Waals surface area contributed by atoms with E-state index >= 15 is 0 Å². The van der Waals surface area contributed by atoms with Gasteiger partial charge in [0.1, 0.15) is 5.75 Å². The van der Waals surface area contributed by atoms with Crippen LogP contribution in [0.4, 0.5) is 11.4 Å². The molecule has 2 rings (SSSR count). The second-order valence-electron chi connectivity index (χ2n) is 4.14. The third-order valence-electron chi connectivity index (χ3n) is 2.71. The number of hydrogen-bond acceptors (Lipinski definition) is 5. The molecular weight excluding hydrogens is 246 g/mol. The Morgan fingerprint density at radius 2 is 2.22 bits per heavy atom. The van der Waals surface area contributed by atoms with Gasteiger partial charge >= 0.3 is 0 Å². The molecule has 2 N–H and O–H groups in total. The predicted octanol–water partition coefficient (Wildman–Crippen LogP) is 2.68. The van der Waals surface area contributed by atoms with Crippen molar-refractivity contribution in [3.8, 4) is 5.75 Å². The molecule has 0 bridgehead atoms. The summed E-state index contributed by atoms with van der Waals surface area (Å²) >= 11 is 1.66. The van der Waals surface area contributed by atoms with Gasteiger partial charge in [-0.1, -0.05) is 0 Å². The van der Waals surface area contributed by atoms with E-state index in [2.05, 4.69) is 15.3 Å². The first-order chi connectivity index (χ1) is 8.60. The van der Waals surface area contributed by atoms with Crippen molar-refractivity contribution in [2.75, 3.05) is 24.8 Å². The monoisotopic (exact) mass is 263 g/mol. The van der Waals surface area contributed by atoms with Crippen LogP contribution >= 0.6 is 11.3 Å². The maximum absolute atomic E-state index is 5.99. The van der Waals surface area contributed by atoms with Gasteiger partial charge in [-0.15, -0.1) is 11.3 Å². The molecule has 0 fully saturated rings. The summed E-state index contributed by atoms with van der Waals surface area (Å²) in [4.78, 5) is 6.53. The minimum atomic E-state index is 0.738. The summed E-state index contributed by atoms with van der Waals surface area (Å²) in [6.07, 6.45) is 0. The molecule has 0 aliphatic rings. The number of rotatable bonds is 4. The number of nitrogen functional groups attached to an aromatic ring is 1. The van der Waals surface area contributed by atoms with Crippen LogP contribution < -0.4 is 15.4 Å². The van der Waals surface area contributed by atoms with Crippen LogP contribution in [-0.4, -0.2) is 19.1 Å². The van der Waals surface area contributed by atoms with Crippen molar-refractivity contribution in [1.29, 1.82) is 0 Å². The molecule has 0 aliphatic carbocycles. The summed E-state index contributed by atoms with van der Waals surface area (Å²) in [5.41, 5.74) is 8.75. The van der Waals surface area contributed by atoms with Gasteiger partial charge in [0, 0.05) is 18.5 Å². The van der Waals surface area contributed by atoms with Crippen molar-refractivity contribution in [2.24, 2.45) is 0 Å². The quantitative estimate of drug-likeness (QED) is 0.862. The van der Waals surface area contributed by atoms with Gasteiger partial charge in [0.25, 0.3) is 0 Å². The fourth-order valence-corrected chi connectivity index (χ4v) is 2.39. The first-order valence-corrected chi connectivity index (χ1v) is 6.54. The van der Waals surface area contributed by atoms with Gasteiger partial charge in [0.15, 0.2) is 0 Å². The van der Waals surface area contributed by atoms with Crippen LogP contribution in [0.1, 0.15) is 10.7 Å². The number of thiazole rings is 1. The Labute approximate surface area is 111 Å². The fourth-order valence-electron chi connectivity index (χ4n) is 1.79. The molecule has 96 valence electrons. The third-order valence-corrected chi connectivity index (χ3v) is 3.54. The van der Waals surface area contributed by atoms with Gasteiger partial charge in [-0.25, -0.2) is 4.98 Å². The van der Waals surface area contributed by atoms with E-state index in [0.29, 0.717) is 0 Å². The molecule has 0 saturated heterocycles. The number of nitrogens with zero attached hydrogens (tertiary/aromatic N) is 2. The van der Waals surface area contributed by atoms with E-state index in [0.717, 1.165) is 34.4 Å². The zero-order valence-corrected chi connectivity index (χ0v) is 11.6. The molecule has 5 heteroatoms. The minimum absolute atomic E-state index is 0.738. The number of nitrogens with two attached hydrogens (primary N) is 1. The van der Waals surface area contributed by atoms with Gasteiger partial charge in [0.2, 0.25) is 0 Å². The van der Waals surface area contributed by atoms with Gasteiger partial charge in [-0.3, -0.25) is 0 Å². The van der Waals surface area contributed by atoms with Crippen molar-refractivity contribution in [2.45, 2.75) is 13.5 Å². The summed E-state index contributed by atoms with van der Waals surface area (Å²) in [5.74, 6) is 0.806. The van der Waals surface area contributed by atoms with Crippen molar-refractivity contribution in [1.82, 2.24) is 4.98 Å². The van der Waals surface area contributed by atoms with Crippen LogP contribution in [0.2, 0.25) is 0 Å². The Hall–Kier alpha value is -1.75. The summed E-state index contributed by atoms with van der Waals surface area (Å²) < 4.78 is 5.22. The van der Waals surface area contributed by atoms with Gasteiger partial charge in [-0.2, -0.15) is 0 Å². The lowest BCUT2D eigenvalue weighted by Gasteiger charge is -2.20. The number of methoxy groups -OCH3 is 1. The molecular formula is C13H17N3OS. The van der Waals surface area contributed by atoms with Crippen molar-refractivity contribution in [3.63, 3.8) is 0 Å². The Bertz CT molecular complexity index is 539. The lowest BCUT2D eigenvalue weighted by Crippen LogP contribution is -2.18. The smallest absolute Gasteiger partial charge is 0.121 e. The van der Waals surface area contributed by atoms with Crippen LogP contribution in [0.15, 0.2) is 23.6 Å². The molecule has 4 nitrogen and oxygen atoms in total. The van der Waals surface area contributed by atoms with E-state index < -0.39 is 0 Å². The highest BCUT2D eigenvalue weighted by molar-refractivity contribution is 7.09. The van der Waals surface area contributed by atoms with Crippen LogP contribution in [0, 0.1) is 6.92 Å².